The van der Waals surface area contributed by atoms with Gasteiger partial charge in [0.2, 0.25) is 0 Å². The molecule has 5 heteroatoms. The molecule has 0 aliphatic heterocycles. The first-order valence-corrected chi connectivity index (χ1v) is 3.77. The van der Waals surface area contributed by atoms with Crippen molar-refractivity contribution < 1.29 is 8.78 Å². The summed E-state index contributed by atoms with van der Waals surface area (Å²) >= 11 is 0. The van der Waals surface area contributed by atoms with Crippen LogP contribution in [0.5, 0.6) is 0 Å². The number of nitrogens with two attached hydrogens (primary N) is 1. The summed E-state index contributed by atoms with van der Waals surface area (Å²) in [6, 6.07) is 1.22. The molecule has 1 aromatic heterocycles. The van der Waals surface area contributed by atoms with Crippen LogP contribution >= 0.6 is 0 Å². The zero-order chi connectivity index (χ0) is 10.0. The van der Waals surface area contributed by atoms with Crippen LogP contribution in [0, 0.1) is 6.92 Å². The Hall–Kier alpha value is -1.23. The SMILES string of the molecule is Cc1c(CN)cc(C(F)F)[nH]c1=O. The number of hydrogen-bond donors (Lipinski definition) is 2. The van der Waals surface area contributed by atoms with Crippen LogP contribution in [0.4, 0.5) is 8.78 Å². The first kappa shape index (κ1) is 9.85. The Balaban J connectivity index is 3.31. The molecule has 13 heavy (non-hydrogen) atoms. The Morgan fingerprint density at radius 3 is 2.69 bits per heavy atom. The molecule has 0 aliphatic carbocycles. The number of hydrogen-bond acceptors (Lipinski definition) is 2. The van der Waals surface area contributed by atoms with Crippen LogP contribution in [0.1, 0.15) is 23.2 Å². The predicted molar refractivity (Wildman–Crippen MR) is 44.6 cm³/mol. The predicted octanol–water partition coefficient (Wildman–Crippen LogP) is 1.08. The fraction of sp³-hybridized carbons (Fsp3) is 0.375. The fourth-order valence-electron chi connectivity index (χ4n) is 1.03. The molecular weight excluding hydrogens is 178 g/mol. The van der Waals surface area contributed by atoms with Crippen LogP contribution in [0.2, 0.25) is 0 Å². The maximum absolute atomic E-state index is 12.2. The first-order valence-electron chi connectivity index (χ1n) is 3.77. The Morgan fingerprint density at radius 2 is 2.23 bits per heavy atom. The van der Waals surface area contributed by atoms with Gasteiger partial charge in [-0.1, -0.05) is 0 Å². The zero-order valence-corrected chi connectivity index (χ0v) is 7.10. The third kappa shape index (κ3) is 1.92. The van der Waals surface area contributed by atoms with Gasteiger partial charge < -0.3 is 10.7 Å². The van der Waals surface area contributed by atoms with Crippen molar-refractivity contribution in [2.45, 2.75) is 19.9 Å². The second kappa shape index (κ2) is 3.66. The molecule has 1 rings (SSSR count). The van der Waals surface area contributed by atoms with E-state index in [9.17, 15) is 13.6 Å². The summed E-state index contributed by atoms with van der Waals surface area (Å²) < 4.78 is 24.4. The molecule has 0 spiro atoms. The smallest absolute Gasteiger partial charge is 0.278 e. The number of pyridine rings is 1. The van der Waals surface area contributed by atoms with Crippen molar-refractivity contribution in [3.05, 3.63) is 33.2 Å². The minimum atomic E-state index is -2.67. The van der Waals surface area contributed by atoms with Crippen molar-refractivity contribution in [1.82, 2.24) is 4.98 Å². The highest BCUT2D eigenvalue weighted by Gasteiger charge is 2.11. The number of aromatic nitrogens is 1. The molecule has 1 aromatic rings. The van der Waals surface area contributed by atoms with Gasteiger partial charge >= 0.3 is 0 Å². The monoisotopic (exact) mass is 188 g/mol. The molecule has 1 heterocycles. The van der Waals surface area contributed by atoms with Gasteiger partial charge in [0.1, 0.15) is 0 Å². The average Bonchev–Trinajstić information content (AvgIpc) is 2.09. The van der Waals surface area contributed by atoms with E-state index in [0.717, 1.165) is 0 Å². The number of H-pyrrole nitrogens is 1. The Morgan fingerprint density at radius 1 is 1.62 bits per heavy atom. The van der Waals surface area contributed by atoms with Crippen molar-refractivity contribution in [2.75, 3.05) is 0 Å². The van der Waals surface area contributed by atoms with Gasteiger partial charge in [-0.15, -0.1) is 0 Å². The normalized spacial score (nSPS) is 10.8. The minimum Gasteiger partial charge on any atom is -0.326 e. The van der Waals surface area contributed by atoms with E-state index in [1.54, 1.807) is 6.92 Å². The second-order valence-corrected chi connectivity index (χ2v) is 2.71. The van der Waals surface area contributed by atoms with Crippen molar-refractivity contribution in [2.24, 2.45) is 5.73 Å². The molecule has 3 nitrogen and oxygen atoms in total. The third-order valence-corrected chi connectivity index (χ3v) is 1.86. The van der Waals surface area contributed by atoms with Crippen LogP contribution in [0.3, 0.4) is 0 Å². The topological polar surface area (TPSA) is 58.9 Å². The molecule has 72 valence electrons. The van der Waals surface area contributed by atoms with E-state index in [1.165, 1.54) is 6.07 Å². The third-order valence-electron chi connectivity index (χ3n) is 1.86. The summed E-state index contributed by atoms with van der Waals surface area (Å²) in [5, 5.41) is 0. The fourth-order valence-corrected chi connectivity index (χ4v) is 1.03. The Labute approximate surface area is 73.6 Å². The lowest BCUT2D eigenvalue weighted by Gasteiger charge is -2.05. The molecular formula is C8H10F2N2O. The van der Waals surface area contributed by atoms with E-state index in [0.29, 0.717) is 11.1 Å². The van der Waals surface area contributed by atoms with Crippen molar-refractivity contribution >= 4 is 0 Å². The average molecular weight is 188 g/mol. The maximum atomic E-state index is 12.2. The van der Waals surface area contributed by atoms with E-state index < -0.39 is 12.0 Å². The lowest BCUT2D eigenvalue weighted by atomic mass is 10.1. The highest BCUT2D eigenvalue weighted by Crippen LogP contribution is 2.16. The van der Waals surface area contributed by atoms with Gasteiger partial charge in [0, 0.05) is 12.1 Å². The highest BCUT2D eigenvalue weighted by atomic mass is 19.3. The first-order chi connectivity index (χ1) is 6.06. The molecule has 3 N–H and O–H groups in total. The lowest BCUT2D eigenvalue weighted by Crippen LogP contribution is -2.16. The van der Waals surface area contributed by atoms with E-state index in [-0.39, 0.29) is 12.2 Å². The van der Waals surface area contributed by atoms with Crippen molar-refractivity contribution in [3.63, 3.8) is 0 Å². The van der Waals surface area contributed by atoms with Crippen molar-refractivity contribution in [1.29, 1.82) is 0 Å². The molecule has 0 fully saturated rings. The largest absolute Gasteiger partial charge is 0.326 e. The van der Waals surface area contributed by atoms with Gasteiger partial charge in [0.25, 0.3) is 12.0 Å². The Bertz CT molecular complexity index is 360. The Kier molecular flexibility index (Phi) is 2.77. The molecule has 0 saturated heterocycles. The van der Waals surface area contributed by atoms with Gasteiger partial charge in [0.15, 0.2) is 0 Å². The standard InChI is InChI=1S/C8H10F2N2O/c1-4-5(3-11)2-6(7(9)10)12-8(4)13/h2,7H,3,11H2,1H3,(H,12,13). The van der Waals surface area contributed by atoms with Gasteiger partial charge in [-0.05, 0) is 18.6 Å². The number of alkyl halides is 2. The summed E-state index contributed by atoms with van der Waals surface area (Å²) in [5.41, 5.74) is 5.26. The van der Waals surface area contributed by atoms with Gasteiger partial charge in [-0.25, -0.2) is 8.78 Å². The van der Waals surface area contributed by atoms with E-state index in [2.05, 4.69) is 4.98 Å². The summed E-state index contributed by atoms with van der Waals surface area (Å²) in [7, 11) is 0. The van der Waals surface area contributed by atoms with Gasteiger partial charge in [0.05, 0.1) is 5.69 Å². The van der Waals surface area contributed by atoms with Crippen LogP contribution in [-0.4, -0.2) is 4.98 Å². The summed E-state index contributed by atoms with van der Waals surface area (Å²) in [4.78, 5) is 13.2. The van der Waals surface area contributed by atoms with E-state index >= 15 is 0 Å². The number of aromatic amines is 1. The number of halogens is 2. The quantitative estimate of drug-likeness (QED) is 0.729. The highest BCUT2D eigenvalue weighted by molar-refractivity contribution is 5.25. The summed E-state index contributed by atoms with van der Waals surface area (Å²) in [5.74, 6) is 0. The molecule has 0 unspecified atom stereocenters. The van der Waals surface area contributed by atoms with Crippen LogP contribution in [0.15, 0.2) is 10.9 Å². The lowest BCUT2D eigenvalue weighted by molar-refractivity contribution is 0.145. The molecule has 0 radical (unpaired) electrons. The molecule has 0 saturated carbocycles. The number of rotatable bonds is 2. The van der Waals surface area contributed by atoms with E-state index in [4.69, 9.17) is 5.73 Å². The molecule has 0 aromatic carbocycles. The van der Waals surface area contributed by atoms with Gasteiger partial charge in [-0.3, -0.25) is 4.79 Å². The zero-order valence-electron chi connectivity index (χ0n) is 7.10. The van der Waals surface area contributed by atoms with E-state index in [1.807, 2.05) is 0 Å². The van der Waals surface area contributed by atoms with Crippen LogP contribution in [-0.2, 0) is 6.54 Å². The van der Waals surface area contributed by atoms with Gasteiger partial charge in [-0.2, -0.15) is 0 Å². The number of nitrogens with one attached hydrogen (secondary N) is 1. The molecule has 0 bridgehead atoms. The maximum Gasteiger partial charge on any atom is 0.278 e. The second-order valence-electron chi connectivity index (χ2n) is 2.71. The molecule has 0 amide bonds. The summed E-state index contributed by atoms with van der Waals surface area (Å²) in [6.45, 7) is 1.64. The molecule has 0 atom stereocenters. The van der Waals surface area contributed by atoms with Crippen LogP contribution < -0.4 is 11.3 Å². The van der Waals surface area contributed by atoms with Crippen LogP contribution in [0.25, 0.3) is 0 Å². The van der Waals surface area contributed by atoms with Crippen molar-refractivity contribution in [3.8, 4) is 0 Å². The summed E-state index contributed by atoms with van der Waals surface area (Å²) in [6.07, 6.45) is -2.67. The molecule has 0 aliphatic rings. The minimum absolute atomic E-state index is 0.0927.